The summed E-state index contributed by atoms with van der Waals surface area (Å²) in [7, 11) is 0. The number of anilines is 1. The Morgan fingerprint density at radius 1 is 1.37 bits per heavy atom. The normalized spacial score (nSPS) is 12.9. The van der Waals surface area contributed by atoms with Crippen molar-refractivity contribution in [3.63, 3.8) is 0 Å². The van der Waals surface area contributed by atoms with Crippen molar-refractivity contribution in [2.24, 2.45) is 0 Å². The van der Waals surface area contributed by atoms with E-state index in [-0.39, 0.29) is 5.97 Å². The maximum absolute atomic E-state index is 12.0. The number of nitrogens with one attached hydrogen (secondary N) is 1. The number of benzene rings is 1. The van der Waals surface area contributed by atoms with Crippen LogP contribution < -0.4 is 5.32 Å². The fourth-order valence-corrected chi connectivity index (χ4v) is 2.44. The second-order valence-electron chi connectivity index (χ2n) is 4.53. The van der Waals surface area contributed by atoms with Crippen molar-refractivity contribution < 1.29 is 9.53 Å². The number of fused-ring (bicyclic) bond motifs is 2. The van der Waals surface area contributed by atoms with E-state index in [1.807, 2.05) is 37.4 Å². The molecule has 0 radical (unpaired) electrons. The summed E-state index contributed by atoms with van der Waals surface area (Å²) in [5, 5.41) is 3.38. The summed E-state index contributed by atoms with van der Waals surface area (Å²) in [5.41, 5.74) is 3.87. The van der Waals surface area contributed by atoms with Crippen molar-refractivity contribution in [3.8, 4) is 0 Å². The topological polar surface area (TPSA) is 43.3 Å². The Morgan fingerprint density at radius 2 is 2.26 bits per heavy atom. The Bertz CT molecular complexity index is 616. The molecule has 0 amide bonds. The third-order valence-corrected chi connectivity index (χ3v) is 3.38. The highest BCUT2D eigenvalue weighted by atomic mass is 16.5. The van der Waals surface area contributed by atoms with Crippen LogP contribution in [0.5, 0.6) is 0 Å². The molecule has 1 aliphatic heterocycles. The first-order valence-electron chi connectivity index (χ1n) is 6.46. The molecule has 4 heteroatoms. The van der Waals surface area contributed by atoms with Gasteiger partial charge in [0.2, 0.25) is 0 Å². The van der Waals surface area contributed by atoms with Crippen LogP contribution in [-0.2, 0) is 17.8 Å². The van der Waals surface area contributed by atoms with Crippen LogP contribution in [-0.4, -0.2) is 17.1 Å². The maximum atomic E-state index is 12.0. The van der Waals surface area contributed by atoms with Gasteiger partial charge in [0.05, 0.1) is 25.3 Å². The maximum Gasteiger partial charge on any atom is 0.338 e. The molecule has 2 heterocycles. The lowest BCUT2D eigenvalue weighted by Crippen LogP contribution is -2.11. The van der Waals surface area contributed by atoms with E-state index in [1.165, 1.54) is 5.69 Å². The van der Waals surface area contributed by atoms with Gasteiger partial charge in [0.1, 0.15) is 0 Å². The number of aromatic nitrogens is 1. The summed E-state index contributed by atoms with van der Waals surface area (Å²) in [6.45, 7) is 3.68. The molecule has 0 aliphatic carbocycles. The molecule has 0 saturated heterocycles. The van der Waals surface area contributed by atoms with E-state index >= 15 is 0 Å². The molecule has 3 rings (SSSR count). The van der Waals surface area contributed by atoms with Crippen LogP contribution in [0.3, 0.4) is 0 Å². The number of ether oxygens (including phenoxy) is 1. The number of carbonyl (C=O) groups is 1. The molecular formula is C15H16N2O2. The Morgan fingerprint density at radius 3 is 3.11 bits per heavy atom. The zero-order chi connectivity index (χ0) is 13.2. The molecule has 19 heavy (non-hydrogen) atoms. The minimum Gasteiger partial charge on any atom is -0.462 e. The van der Waals surface area contributed by atoms with Crippen molar-refractivity contribution in [2.45, 2.75) is 20.0 Å². The van der Waals surface area contributed by atoms with E-state index in [0.717, 1.165) is 17.8 Å². The molecule has 1 aliphatic rings. The number of esters is 1. The molecular weight excluding hydrogens is 240 g/mol. The molecule has 0 saturated carbocycles. The van der Waals surface area contributed by atoms with Gasteiger partial charge in [-0.2, -0.15) is 0 Å². The Labute approximate surface area is 112 Å². The predicted octanol–water partition coefficient (Wildman–Crippen LogP) is 2.64. The summed E-state index contributed by atoms with van der Waals surface area (Å²) < 4.78 is 7.28. The summed E-state index contributed by atoms with van der Waals surface area (Å²) in [4.78, 5) is 12.0. The monoisotopic (exact) mass is 256 g/mol. The molecule has 0 fully saturated rings. The van der Waals surface area contributed by atoms with Gasteiger partial charge < -0.3 is 14.6 Å². The highest BCUT2D eigenvalue weighted by Gasteiger charge is 2.19. The van der Waals surface area contributed by atoms with E-state index in [9.17, 15) is 4.79 Å². The lowest BCUT2D eigenvalue weighted by molar-refractivity contribution is 0.0525. The molecule has 0 unspecified atom stereocenters. The summed E-state index contributed by atoms with van der Waals surface area (Å²) in [6, 6.07) is 9.83. The van der Waals surface area contributed by atoms with Gasteiger partial charge in [0.25, 0.3) is 0 Å². The van der Waals surface area contributed by atoms with E-state index in [4.69, 9.17) is 4.74 Å². The van der Waals surface area contributed by atoms with Gasteiger partial charge >= 0.3 is 5.97 Å². The highest BCUT2D eigenvalue weighted by molar-refractivity contribution is 5.93. The quantitative estimate of drug-likeness (QED) is 0.840. The van der Waals surface area contributed by atoms with E-state index < -0.39 is 0 Å². The SMILES string of the molecule is CCOC(=O)c1cccc2c1Cn1cccc1CN2. The first kappa shape index (κ1) is 11.8. The van der Waals surface area contributed by atoms with Crippen LogP contribution in [0.15, 0.2) is 36.5 Å². The minimum absolute atomic E-state index is 0.253. The van der Waals surface area contributed by atoms with Crippen LogP contribution in [0.25, 0.3) is 0 Å². The predicted molar refractivity (Wildman–Crippen MR) is 73.3 cm³/mol. The fourth-order valence-electron chi connectivity index (χ4n) is 2.44. The van der Waals surface area contributed by atoms with E-state index in [2.05, 4.69) is 16.0 Å². The second kappa shape index (κ2) is 4.80. The van der Waals surface area contributed by atoms with Gasteiger partial charge in [-0.1, -0.05) is 6.07 Å². The summed E-state index contributed by atoms with van der Waals surface area (Å²) in [6.07, 6.45) is 2.04. The van der Waals surface area contributed by atoms with Crippen molar-refractivity contribution in [1.82, 2.24) is 4.57 Å². The highest BCUT2D eigenvalue weighted by Crippen LogP contribution is 2.26. The molecule has 0 bridgehead atoms. The molecule has 1 aromatic heterocycles. The molecule has 1 N–H and O–H groups in total. The van der Waals surface area contributed by atoms with Crippen LogP contribution in [0.2, 0.25) is 0 Å². The second-order valence-corrected chi connectivity index (χ2v) is 4.53. The molecule has 2 aromatic rings. The van der Waals surface area contributed by atoms with Crippen molar-refractivity contribution >= 4 is 11.7 Å². The first-order chi connectivity index (χ1) is 9.29. The number of carbonyl (C=O) groups excluding carboxylic acids is 1. The third kappa shape index (κ3) is 2.10. The molecule has 0 atom stereocenters. The van der Waals surface area contributed by atoms with Crippen LogP contribution in [0.4, 0.5) is 5.69 Å². The molecule has 0 spiro atoms. The summed E-state index contributed by atoms with van der Waals surface area (Å²) >= 11 is 0. The van der Waals surface area contributed by atoms with Crippen molar-refractivity contribution in [1.29, 1.82) is 0 Å². The Balaban J connectivity index is 2.05. The van der Waals surface area contributed by atoms with Gasteiger partial charge in [-0.05, 0) is 31.2 Å². The van der Waals surface area contributed by atoms with Gasteiger partial charge in [0, 0.05) is 23.1 Å². The largest absolute Gasteiger partial charge is 0.462 e. The first-order valence-corrected chi connectivity index (χ1v) is 6.46. The summed E-state index contributed by atoms with van der Waals surface area (Å²) in [5.74, 6) is -0.253. The van der Waals surface area contributed by atoms with Crippen LogP contribution in [0, 0.1) is 0 Å². The third-order valence-electron chi connectivity index (χ3n) is 3.38. The Kier molecular flexibility index (Phi) is 2.99. The lowest BCUT2D eigenvalue weighted by Gasteiger charge is -2.12. The van der Waals surface area contributed by atoms with E-state index in [1.54, 1.807) is 0 Å². The number of rotatable bonds is 2. The van der Waals surface area contributed by atoms with Gasteiger partial charge in [-0.25, -0.2) is 4.79 Å². The molecule has 98 valence electrons. The Hall–Kier alpha value is -2.23. The van der Waals surface area contributed by atoms with Gasteiger partial charge in [-0.3, -0.25) is 0 Å². The zero-order valence-electron chi connectivity index (χ0n) is 10.8. The zero-order valence-corrected chi connectivity index (χ0v) is 10.8. The number of hydrogen-bond donors (Lipinski definition) is 1. The average molecular weight is 256 g/mol. The standard InChI is InChI=1S/C15H16N2O2/c1-2-19-15(18)12-6-3-7-14-13(12)10-17-8-4-5-11(17)9-16-14/h3-8,16H,2,9-10H2,1H3. The smallest absolute Gasteiger partial charge is 0.338 e. The van der Waals surface area contributed by atoms with Crippen molar-refractivity contribution in [3.05, 3.63) is 53.3 Å². The van der Waals surface area contributed by atoms with Crippen LogP contribution >= 0.6 is 0 Å². The van der Waals surface area contributed by atoms with E-state index in [0.29, 0.717) is 18.7 Å². The number of nitrogens with zero attached hydrogens (tertiary/aromatic N) is 1. The van der Waals surface area contributed by atoms with Gasteiger partial charge in [-0.15, -0.1) is 0 Å². The van der Waals surface area contributed by atoms with Gasteiger partial charge in [0.15, 0.2) is 0 Å². The minimum atomic E-state index is -0.253. The lowest BCUT2D eigenvalue weighted by atomic mass is 10.1. The average Bonchev–Trinajstić information content (AvgIpc) is 2.78. The molecule has 4 nitrogen and oxygen atoms in total. The van der Waals surface area contributed by atoms with Crippen molar-refractivity contribution in [2.75, 3.05) is 11.9 Å². The van der Waals surface area contributed by atoms with Crippen LogP contribution in [0.1, 0.15) is 28.5 Å². The number of hydrogen-bond acceptors (Lipinski definition) is 3. The fraction of sp³-hybridized carbons (Fsp3) is 0.267. The molecule has 1 aromatic carbocycles.